The Morgan fingerprint density at radius 1 is 1.53 bits per heavy atom. The summed E-state index contributed by atoms with van der Waals surface area (Å²) in [6.45, 7) is 2.76. The summed E-state index contributed by atoms with van der Waals surface area (Å²) in [4.78, 5) is 4.41. The van der Waals surface area contributed by atoms with E-state index in [0.29, 0.717) is 18.9 Å². The first-order valence-corrected chi connectivity index (χ1v) is 5.43. The lowest BCUT2D eigenvalue weighted by molar-refractivity contribution is 0.191. The van der Waals surface area contributed by atoms with E-state index < -0.39 is 0 Å². The third kappa shape index (κ3) is 1.55. The predicted octanol–water partition coefficient (Wildman–Crippen LogP) is 0.516. The summed E-state index contributed by atoms with van der Waals surface area (Å²) in [6, 6.07) is 0.0311. The molecule has 1 aromatic heterocycles. The van der Waals surface area contributed by atoms with E-state index in [2.05, 4.69) is 22.4 Å². The second-order valence-corrected chi connectivity index (χ2v) is 4.87. The van der Waals surface area contributed by atoms with Gasteiger partial charge in [0.25, 0.3) is 0 Å². The molecule has 3 rings (SSSR count). The second-order valence-electron chi connectivity index (χ2n) is 4.87. The Kier molecular flexibility index (Phi) is 1.87. The Bertz CT molecular complexity index is 372. The van der Waals surface area contributed by atoms with E-state index in [1.807, 2.05) is 0 Å². The molecule has 15 heavy (non-hydrogen) atoms. The molecule has 2 aliphatic rings. The van der Waals surface area contributed by atoms with Gasteiger partial charge in [0.05, 0.1) is 12.1 Å². The van der Waals surface area contributed by atoms with Gasteiger partial charge in [0.15, 0.2) is 5.82 Å². The maximum atomic E-state index is 9.39. The van der Waals surface area contributed by atoms with Crippen LogP contribution in [0.1, 0.15) is 43.9 Å². The van der Waals surface area contributed by atoms with Crippen molar-refractivity contribution in [2.24, 2.45) is 0 Å². The zero-order valence-electron chi connectivity index (χ0n) is 8.73. The Labute approximate surface area is 87.9 Å². The van der Waals surface area contributed by atoms with Crippen LogP contribution in [0.15, 0.2) is 4.52 Å². The van der Waals surface area contributed by atoms with Crippen molar-refractivity contribution < 1.29 is 9.63 Å². The molecule has 2 atom stereocenters. The summed E-state index contributed by atoms with van der Waals surface area (Å²) in [5.74, 6) is 1.44. The van der Waals surface area contributed by atoms with Crippen LogP contribution in [-0.2, 0) is 5.41 Å². The van der Waals surface area contributed by atoms with Gasteiger partial charge >= 0.3 is 0 Å². The molecule has 5 nitrogen and oxygen atoms in total. The molecule has 1 saturated carbocycles. The number of aliphatic hydroxyl groups is 1. The fourth-order valence-corrected chi connectivity index (χ4v) is 1.94. The fraction of sp³-hybridized carbons (Fsp3) is 0.800. The number of β-amino-alcohol motifs (C(OH)–C–C–N with tert-alkyl or cyclic N) is 1. The minimum absolute atomic E-state index is 0.0311. The summed E-state index contributed by atoms with van der Waals surface area (Å²) < 4.78 is 5.23. The molecular weight excluding hydrogens is 194 g/mol. The molecule has 1 aromatic rings. The summed E-state index contributed by atoms with van der Waals surface area (Å²) in [5, 5.41) is 16.6. The molecule has 0 spiro atoms. The lowest BCUT2D eigenvalue weighted by Crippen LogP contribution is -2.15. The van der Waals surface area contributed by atoms with Crippen LogP contribution >= 0.6 is 0 Å². The van der Waals surface area contributed by atoms with Crippen LogP contribution in [0.2, 0.25) is 0 Å². The van der Waals surface area contributed by atoms with Crippen molar-refractivity contribution >= 4 is 0 Å². The maximum absolute atomic E-state index is 9.39. The molecule has 1 saturated heterocycles. The van der Waals surface area contributed by atoms with Gasteiger partial charge < -0.3 is 14.9 Å². The van der Waals surface area contributed by atoms with Gasteiger partial charge in [0.1, 0.15) is 0 Å². The van der Waals surface area contributed by atoms with Crippen molar-refractivity contribution in [3.63, 3.8) is 0 Å². The standard InChI is InChI=1S/C10H15N3O2/c1-10(2-3-10)9-12-8(15-13-9)7-4-6(14)5-11-7/h6-7,11,14H,2-5H2,1H3. The highest BCUT2D eigenvalue weighted by Gasteiger charge is 2.44. The van der Waals surface area contributed by atoms with Crippen LogP contribution < -0.4 is 5.32 Å². The first-order valence-electron chi connectivity index (χ1n) is 5.43. The molecule has 1 aliphatic carbocycles. The molecule has 2 unspecified atom stereocenters. The van der Waals surface area contributed by atoms with E-state index >= 15 is 0 Å². The smallest absolute Gasteiger partial charge is 0.243 e. The fourth-order valence-electron chi connectivity index (χ4n) is 1.94. The van der Waals surface area contributed by atoms with Crippen molar-refractivity contribution in [3.05, 3.63) is 11.7 Å². The first kappa shape index (κ1) is 9.30. The molecule has 2 heterocycles. The number of hydrogen-bond acceptors (Lipinski definition) is 5. The van der Waals surface area contributed by atoms with Crippen LogP contribution in [0.25, 0.3) is 0 Å². The first-order chi connectivity index (χ1) is 7.17. The Morgan fingerprint density at radius 3 is 2.93 bits per heavy atom. The van der Waals surface area contributed by atoms with Gasteiger partial charge in [0, 0.05) is 12.0 Å². The molecule has 0 bridgehead atoms. The van der Waals surface area contributed by atoms with Gasteiger partial charge in [0.2, 0.25) is 5.89 Å². The zero-order chi connectivity index (χ0) is 10.5. The molecule has 0 radical (unpaired) electrons. The Balaban J connectivity index is 1.79. The highest BCUT2D eigenvalue weighted by Crippen LogP contribution is 2.46. The highest BCUT2D eigenvalue weighted by molar-refractivity contribution is 5.15. The quantitative estimate of drug-likeness (QED) is 0.743. The van der Waals surface area contributed by atoms with Gasteiger partial charge in [-0.15, -0.1) is 0 Å². The van der Waals surface area contributed by atoms with E-state index in [4.69, 9.17) is 4.52 Å². The molecule has 0 aromatic carbocycles. The lowest BCUT2D eigenvalue weighted by atomic mass is 10.1. The van der Waals surface area contributed by atoms with Gasteiger partial charge in [-0.25, -0.2) is 0 Å². The van der Waals surface area contributed by atoms with E-state index in [1.54, 1.807) is 0 Å². The predicted molar refractivity (Wildman–Crippen MR) is 52.3 cm³/mol. The van der Waals surface area contributed by atoms with Crippen LogP contribution in [0.5, 0.6) is 0 Å². The van der Waals surface area contributed by atoms with Crippen molar-refractivity contribution in [2.45, 2.75) is 43.7 Å². The summed E-state index contributed by atoms with van der Waals surface area (Å²) in [5.41, 5.74) is 0.152. The molecule has 2 fully saturated rings. The molecule has 0 amide bonds. The van der Waals surface area contributed by atoms with Crippen LogP contribution in [0.4, 0.5) is 0 Å². The minimum atomic E-state index is -0.290. The molecular formula is C10H15N3O2. The second kappa shape index (κ2) is 3.02. The lowest BCUT2D eigenvalue weighted by Gasteiger charge is -2.02. The summed E-state index contributed by atoms with van der Waals surface area (Å²) in [6.07, 6.45) is 2.67. The van der Waals surface area contributed by atoms with E-state index in [-0.39, 0.29) is 17.6 Å². The number of aliphatic hydroxyl groups excluding tert-OH is 1. The molecule has 1 aliphatic heterocycles. The Morgan fingerprint density at radius 2 is 2.33 bits per heavy atom. The van der Waals surface area contributed by atoms with Crippen molar-refractivity contribution in [1.82, 2.24) is 15.5 Å². The van der Waals surface area contributed by atoms with Crippen LogP contribution in [0.3, 0.4) is 0 Å². The SMILES string of the molecule is CC1(c2noc(C3CC(O)CN3)n2)CC1. The Hall–Kier alpha value is -0.940. The maximum Gasteiger partial charge on any atom is 0.243 e. The number of rotatable bonds is 2. The number of nitrogens with one attached hydrogen (secondary N) is 1. The van der Waals surface area contributed by atoms with E-state index in [1.165, 1.54) is 0 Å². The normalized spacial score (nSPS) is 33.2. The van der Waals surface area contributed by atoms with E-state index in [0.717, 1.165) is 18.7 Å². The largest absolute Gasteiger partial charge is 0.392 e. The summed E-state index contributed by atoms with van der Waals surface area (Å²) in [7, 11) is 0. The topological polar surface area (TPSA) is 71.2 Å². The third-order valence-corrected chi connectivity index (χ3v) is 3.39. The monoisotopic (exact) mass is 209 g/mol. The number of hydrogen-bond donors (Lipinski definition) is 2. The van der Waals surface area contributed by atoms with Crippen LogP contribution in [0, 0.1) is 0 Å². The van der Waals surface area contributed by atoms with Crippen molar-refractivity contribution in [3.8, 4) is 0 Å². The third-order valence-electron chi connectivity index (χ3n) is 3.39. The highest BCUT2D eigenvalue weighted by atomic mass is 16.5. The average molecular weight is 209 g/mol. The van der Waals surface area contributed by atoms with Gasteiger partial charge in [-0.3, -0.25) is 0 Å². The minimum Gasteiger partial charge on any atom is -0.392 e. The van der Waals surface area contributed by atoms with E-state index in [9.17, 15) is 5.11 Å². The zero-order valence-corrected chi connectivity index (χ0v) is 8.73. The molecule has 5 heteroatoms. The summed E-state index contributed by atoms with van der Waals surface area (Å²) >= 11 is 0. The van der Waals surface area contributed by atoms with Gasteiger partial charge in [-0.2, -0.15) is 4.98 Å². The van der Waals surface area contributed by atoms with Crippen LogP contribution in [-0.4, -0.2) is 27.9 Å². The van der Waals surface area contributed by atoms with Gasteiger partial charge in [-0.05, 0) is 19.3 Å². The van der Waals surface area contributed by atoms with Gasteiger partial charge in [-0.1, -0.05) is 12.1 Å². The van der Waals surface area contributed by atoms with Crippen molar-refractivity contribution in [2.75, 3.05) is 6.54 Å². The average Bonchev–Trinajstić information content (AvgIpc) is 2.72. The number of aromatic nitrogens is 2. The molecule has 2 N–H and O–H groups in total. The van der Waals surface area contributed by atoms with Crippen molar-refractivity contribution in [1.29, 1.82) is 0 Å². The number of nitrogens with zero attached hydrogens (tertiary/aromatic N) is 2. The molecule has 82 valence electrons.